The van der Waals surface area contributed by atoms with Crippen molar-refractivity contribution in [1.82, 2.24) is 39.9 Å². The second-order valence-corrected chi connectivity index (χ2v) is 6.80. The van der Waals surface area contributed by atoms with Gasteiger partial charge in [-0.05, 0) is 54.5 Å². The number of rotatable bonds is 3. The average molecular weight is 350 g/mol. The Morgan fingerprint density at radius 2 is 1.96 bits per heavy atom. The Balaban J connectivity index is 1.38. The first-order valence-electron chi connectivity index (χ1n) is 8.80. The number of benzene rings is 1. The first-order valence-corrected chi connectivity index (χ1v) is 8.80. The van der Waals surface area contributed by atoms with E-state index in [4.69, 9.17) is 4.98 Å². The van der Waals surface area contributed by atoms with Gasteiger partial charge in [-0.3, -0.25) is 4.79 Å². The number of aromatic nitrogens is 7. The summed E-state index contributed by atoms with van der Waals surface area (Å²) < 4.78 is 3.52. The third-order valence-corrected chi connectivity index (χ3v) is 5.04. The zero-order valence-corrected chi connectivity index (χ0v) is 14.4. The first kappa shape index (κ1) is 15.2. The van der Waals surface area contributed by atoms with Crippen LogP contribution in [0.5, 0.6) is 0 Å². The molecule has 5 rings (SSSR count). The SMILES string of the molecule is C[C@@H]1c2nc(C3CC3)nn2CCN1C(=O)c1ccc(-n2cnnn2)cc1. The molecule has 3 aromatic rings. The van der Waals surface area contributed by atoms with Crippen LogP contribution in [0.25, 0.3) is 5.69 Å². The second-order valence-electron chi connectivity index (χ2n) is 6.80. The molecule has 1 saturated carbocycles. The fourth-order valence-electron chi connectivity index (χ4n) is 3.38. The van der Waals surface area contributed by atoms with Crippen molar-refractivity contribution in [2.45, 2.75) is 38.3 Å². The van der Waals surface area contributed by atoms with E-state index >= 15 is 0 Å². The molecule has 1 amide bonds. The van der Waals surface area contributed by atoms with Crippen molar-refractivity contribution in [3.05, 3.63) is 47.8 Å². The summed E-state index contributed by atoms with van der Waals surface area (Å²) in [4.78, 5) is 19.6. The third kappa shape index (κ3) is 2.47. The van der Waals surface area contributed by atoms with Gasteiger partial charge in [-0.25, -0.2) is 14.3 Å². The zero-order valence-electron chi connectivity index (χ0n) is 14.4. The van der Waals surface area contributed by atoms with Crippen LogP contribution in [0, 0.1) is 0 Å². The highest BCUT2D eigenvalue weighted by atomic mass is 16.2. The van der Waals surface area contributed by atoms with Gasteiger partial charge in [0.05, 0.1) is 18.3 Å². The van der Waals surface area contributed by atoms with Gasteiger partial charge in [-0.2, -0.15) is 5.10 Å². The van der Waals surface area contributed by atoms with Crippen molar-refractivity contribution >= 4 is 5.91 Å². The molecular weight excluding hydrogens is 332 g/mol. The number of hydrogen-bond acceptors (Lipinski definition) is 6. The molecule has 1 aliphatic heterocycles. The number of nitrogens with zero attached hydrogens (tertiary/aromatic N) is 8. The molecule has 1 aliphatic carbocycles. The molecule has 0 N–H and O–H groups in total. The van der Waals surface area contributed by atoms with Crippen LogP contribution < -0.4 is 0 Å². The third-order valence-electron chi connectivity index (χ3n) is 5.04. The molecule has 1 fully saturated rings. The van der Waals surface area contributed by atoms with E-state index in [2.05, 4.69) is 20.6 Å². The van der Waals surface area contributed by atoms with Crippen LogP contribution in [-0.2, 0) is 6.54 Å². The highest BCUT2D eigenvalue weighted by Crippen LogP contribution is 2.39. The maximum atomic E-state index is 13.0. The molecule has 1 atom stereocenters. The van der Waals surface area contributed by atoms with Crippen molar-refractivity contribution in [3.8, 4) is 5.69 Å². The van der Waals surface area contributed by atoms with Crippen molar-refractivity contribution in [2.75, 3.05) is 6.54 Å². The van der Waals surface area contributed by atoms with Gasteiger partial charge < -0.3 is 4.90 Å². The Hall–Kier alpha value is -3.10. The van der Waals surface area contributed by atoms with Crippen LogP contribution in [0.15, 0.2) is 30.6 Å². The van der Waals surface area contributed by atoms with E-state index in [9.17, 15) is 4.79 Å². The number of amides is 1. The van der Waals surface area contributed by atoms with E-state index in [1.165, 1.54) is 19.2 Å². The quantitative estimate of drug-likeness (QED) is 0.708. The van der Waals surface area contributed by atoms with E-state index < -0.39 is 0 Å². The fourth-order valence-corrected chi connectivity index (χ4v) is 3.38. The molecule has 132 valence electrons. The van der Waals surface area contributed by atoms with Gasteiger partial charge in [0, 0.05) is 18.0 Å². The lowest BCUT2D eigenvalue weighted by atomic mass is 10.1. The van der Waals surface area contributed by atoms with Gasteiger partial charge in [-0.1, -0.05) is 0 Å². The minimum Gasteiger partial charge on any atom is -0.327 e. The smallest absolute Gasteiger partial charge is 0.254 e. The Morgan fingerprint density at radius 1 is 1.15 bits per heavy atom. The maximum absolute atomic E-state index is 13.0. The molecule has 9 heteroatoms. The number of tetrazole rings is 1. The summed E-state index contributed by atoms with van der Waals surface area (Å²) in [5.74, 6) is 2.34. The summed E-state index contributed by atoms with van der Waals surface area (Å²) in [6, 6.07) is 7.20. The van der Waals surface area contributed by atoms with E-state index in [-0.39, 0.29) is 11.9 Å². The molecule has 0 spiro atoms. The minimum absolute atomic E-state index is 0.00277. The van der Waals surface area contributed by atoms with Crippen LogP contribution in [-0.4, -0.2) is 52.3 Å². The highest BCUT2D eigenvalue weighted by Gasteiger charge is 2.34. The first-order chi connectivity index (χ1) is 12.7. The zero-order chi connectivity index (χ0) is 17.7. The molecule has 0 radical (unpaired) electrons. The van der Waals surface area contributed by atoms with E-state index in [0.717, 1.165) is 17.3 Å². The normalized spacial score (nSPS) is 19.4. The monoisotopic (exact) mass is 350 g/mol. The lowest BCUT2D eigenvalue weighted by Crippen LogP contribution is -2.41. The molecule has 2 aromatic heterocycles. The maximum Gasteiger partial charge on any atom is 0.254 e. The number of carbonyl (C=O) groups excluding carboxylic acids is 1. The van der Waals surface area contributed by atoms with Crippen molar-refractivity contribution < 1.29 is 4.79 Å². The van der Waals surface area contributed by atoms with E-state index in [1.807, 2.05) is 28.6 Å². The predicted octanol–water partition coefficient (Wildman–Crippen LogP) is 1.35. The lowest BCUT2D eigenvalue weighted by molar-refractivity contribution is 0.0631. The van der Waals surface area contributed by atoms with Crippen molar-refractivity contribution in [2.24, 2.45) is 0 Å². The van der Waals surface area contributed by atoms with Gasteiger partial charge >= 0.3 is 0 Å². The van der Waals surface area contributed by atoms with Crippen molar-refractivity contribution in [3.63, 3.8) is 0 Å². The second kappa shape index (κ2) is 5.72. The molecule has 0 bridgehead atoms. The van der Waals surface area contributed by atoms with Gasteiger partial charge in [-0.15, -0.1) is 5.10 Å². The van der Waals surface area contributed by atoms with Gasteiger partial charge in [0.15, 0.2) is 5.82 Å². The van der Waals surface area contributed by atoms with Crippen LogP contribution in [0.1, 0.15) is 53.7 Å². The minimum atomic E-state index is -0.0876. The summed E-state index contributed by atoms with van der Waals surface area (Å²) in [5, 5.41) is 15.7. The molecular formula is C17H18N8O. The number of carbonyl (C=O) groups is 1. The van der Waals surface area contributed by atoms with Gasteiger partial charge in [0.1, 0.15) is 12.2 Å². The number of hydrogen-bond donors (Lipinski definition) is 0. The summed E-state index contributed by atoms with van der Waals surface area (Å²) in [6.07, 6.45) is 3.87. The summed E-state index contributed by atoms with van der Waals surface area (Å²) in [6.45, 7) is 3.34. The number of fused-ring (bicyclic) bond motifs is 1. The van der Waals surface area contributed by atoms with Gasteiger partial charge in [0.2, 0.25) is 0 Å². The average Bonchev–Trinajstić information content (AvgIpc) is 3.19. The summed E-state index contributed by atoms with van der Waals surface area (Å²) in [5.41, 5.74) is 1.45. The van der Waals surface area contributed by atoms with Crippen LogP contribution in [0.2, 0.25) is 0 Å². The Bertz CT molecular complexity index is 942. The molecule has 0 unspecified atom stereocenters. The van der Waals surface area contributed by atoms with E-state index in [0.29, 0.717) is 24.6 Å². The Morgan fingerprint density at radius 3 is 2.65 bits per heavy atom. The lowest BCUT2D eigenvalue weighted by Gasteiger charge is -2.33. The summed E-state index contributed by atoms with van der Waals surface area (Å²) >= 11 is 0. The molecule has 0 saturated heterocycles. The topological polar surface area (TPSA) is 94.6 Å². The largest absolute Gasteiger partial charge is 0.327 e. The molecule has 9 nitrogen and oxygen atoms in total. The van der Waals surface area contributed by atoms with Crippen LogP contribution >= 0.6 is 0 Å². The van der Waals surface area contributed by atoms with E-state index in [1.54, 1.807) is 16.8 Å². The fraction of sp³-hybridized carbons (Fsp3) is 0.412. The molecule has 1 aromatic carbocycles. The Kier molecular flexibility index (Phi) is 3.34. The molecule has 2 aliphatic rings. The predicted molar refractivity (Wildman–Crippen MR) is 90.6 cm³/mol. The van der Waals surface area contributed by atoms with Crippen LogP contribution in [0.4, 0.5) is 0 Å². The summed E-state index contributed by atoms with van der Waals surface area (Å²) in [7, 11) is 0. The van der Waals surface area contributed by atoms with Gasteiger partial charge in [0.25, 0.3) is 5.91 Å². The van der Waals surface area contributed by atoms with Crippen LogP contribution in [0.3, 0.4) is 0 Å². The highest BCUT2D eigenvalue weighted by molar-refractivity contribution is 5.94. The van der Waals surface area contributed by atoms with Crippen molar-refractivity contribution in [1.29, 1.82) is 0 Å². The molecule has 3 heterocycles. The Labute approximate surface area is 149 Å². The standard InChI is InChI=1S/C17H18N8O/c1-11-16-19-15(12-2-3-12)20-24(16)9-8-23(11)17(26)13-4-6-14(7-5-13)25-10-18-21-22-25/h4-7,10-12H,2-3,8-9H2,1H3/t11-/m1/s1. The molecule has 26 heavy (non-hydrogen) atoms.